The van der Waals surface area contributed by atoms with Crippen LogP contribution < -0.4 is 0 Å². The molecular weight excluding hydrogens is 323 g/mol. The molecule has 0 N–H and O–H groups in total. The summed E-state index contributed by atoms with van der Waals surface area (Å²) in [4.78, 5) is 4.95. The molecule has 0 spiro atoms. The number of ether oxygens (including phenoxy) is 1. The van der Waals surface area contributed by atoms with Gasteiger partial charge in [-0.2, -0.15) is 0 Å². The minimum Gasteiger partial charge on any atom is -0.379 e. The Morgan fingerprint density at radius 2 is 2.05 bits per heavy atom. The van der Waals surface area contributed by atoms with Gasteiger partial charge in [0.1, 0.15) is 5.82 Å². The van der Waals surface area contributed by atoms with Crippen molar-refractivity contribution in [3.8, 4) is 0 Å². The van der Waals surface area contributed by atoms with E-state index in [1.54, 1.807) is 6.07 Å². The van der Waals surface area contributed by atoms with Crippen LogP contribution in [0.1, 0.15) is 12.0 Å². The van der Waals surface area contributed by atoms with Crippen LogP contribution in [-0.2, 0) is 11.3 Å². The number of morpholine rings is 1. The summed E-state index contributed by atoms with van der Waals surface area (Å²) in [5, 5.41) is 0. The number of benzene rings is 1. The van der Waals surface area contributed by atoms with Crippen LogP contribution in [0.2, 0.25) is 0 Å². The van der Waals surface area contributed by atoms with Crippen molar-refractivity contribution in [2.45, 2.75) is 19.0 Å². The zero-order chi connectivity index (χ0) is 13.9. The lowest BCUT2D eigenvalue weighted by atomic mass is 10.2. The smallest absolute Gasteiger partial charge is 0.137 e. The summed E-state index contributed by atoms with van der Waals surface area (Å²) in [5.74, 6) is -0.175. The lowest BCUT2D eigenvalue weighted by Gasteiger charge is -2.32. The molecule has 0 aromatic heterocycles. The van der Waals surface area contributed by atoms with Crippen molar-refractivity contribution in [2.75, 3.05) is 39.4 Å². The molecule has 2 heterocycles. The Balaban J connectivity index is 1.58. The van der Waals surface area contributed by atoms with Gasteiger partial charge in [0.15, 0.2) is 0 Å². The highest BCUT2D eigenvalue weighted by Crippen LogP contribution is 2.24. The molecule has 1 atom stereocenters. The molecule has 0 amide bonds. The first-order valence-electron chi connectivity index (χ1n) is 7.21. The largest absolute Gasteiger partial charge is 0.379 e. The molecule has 5 heteroatoms. The average molecular weight is 343 g/mol. The van der Waals surface area contributed by atoms with Gasteiger partial charge in [0.05, 0.1) is 17.7 Å². The van der Waals surface area contributed by atoms with Gasteiger partial charge in [0.25, 0.3) is 0 Å². The molecule has 3 nitrogen and oxygen atoms in total. The molecule has 0 saturated carbocycles. The monoisotopic (exact) mass is 342 g/mol. The van der Waals surface area contributed by atoms with Crippen LogP contribution in [0, 0.1) is 5.82 Å². The van der Waals surface area contributed by atoms with Gasteiger partial charge in [-0.15, -0.1) is 0 Å². The van der Waals surface area contributed by atoms with Crippen LogP contribution in [0.25, 0.3) is 0 Å². The van der Waals surface area contributed by atoms with Crippen molar-refractivity contribution in [3.05, 3.63) is 34.1 Å². The molecule has 1 unspecified atom stereocenters. The van der Waals surface area contributed by atoms with Crippen molar-refractivity contribution in [3.63, 3.8) is 0 Å². The second-order valence-corrected chi connectivity index (χ2v) is 6.33. The van der Waals surface area contributed by atoms with Crippen molar-refractivity contribution in [2.24, 2.45) is 0 Å². The normalized spacial score (nSPS) is 25.2. The van der Waals surface area contributed by atoms with E-state index in [0.717, 1.165) is 51.5 Å². The average Bonchev–Trinajstić information content (AvgIpc) is 2.93. The van der Waals surface area contributed by atoms with Gasteiger partial charge in [-0.3, -0.25) is 9.80 Å². The van der Waals surface area contributed by atoms with Crippen molar-refractivity contribution in [1.29, 1.82) is 0 Å². The molecule has 0 aliphatic carbocycles. The maximum absolute atomic E-state index is 13.5. The second-order valence-electron chi connectivity index (χ2n) is 5.54. The summed E-state index contributed by atoms with van der Waals surface area (Å²) < 4.78 is 19.5. The predicted octanol–water partition coefficient (Wildman–Crippen LogP) is 2.49. The van der Waals surface area contributed by atoms with Crippen molar-refractivity contribution in [1.82, 2.24) is 9.80 Å². The van der Waals surface area contributed by atoms with Gasteiger partial charge in [0, 0.05) is 38.8 Å². The molecule has 20 heavy (non-hydrogen) atoms. The topological polar surface area (TPSA) is 15.7 Å². The Kier molecular flexibility index (Phi) is 4.71. The van der Waals surface area contributed by atoms with Crippen LogP contribution in [0.15, 0.2) is 22.7 Å². The fraction of sp³-hybridized carbons (Fsp3) is 0.600. The minimum absolute atomic E-state index is 0.175. The zero-order valence-corrected chi connectivity index (χ0v) is 13.1. The molecule has 1 aromatic carbocycles. The minimum atomic E-state index is -0.175. The molecule has 110 valence electrons. The third-order valence-corrected chi connectivity index (χ3v) is 5.12. The standard InChI is InChI=1S/C15H20BrFN2O/c16-15-12(2-1-3-14(15)17)10-18-5-4-13(11-18)19-6-8-20-9-7-19/h1-3,13H,4-11H2. The molecule has 1 aromatic rings. The van der Waals surface area contributed by atoms with E-state index < -0.39 is 0 Å². The van der Waals surface area contributed by atoms with E-state index >= 15 is 0 Å². The maximum atomic E-state index is 13.5. The number of likely N-dealkylation sites (tertiary alicyclic amines) is 1. The summed E-state index contributed by atoms with van der Waals surface area (Å²) in [6.07, 6.45) is 1.20. The number of nitrogens with zero attached hydrogens (tertiary/aromatic N) is 2. The van der Waals surface area contributed by atoms with Gasteiger partial charge >= 0.3 is 0 Å². The van der Waals surface area contributed by atoms with Crippen LogP contribution in [0.3, 0.4) is 0 Å². The molecule has 2 fully saturated rings. The van der Waals surface area contributed by atoms with Gasteiger partial charge in [-0.05, 0) is 34.0 Å². The van der Waals surface area contributed by atoms with E-state index in [0.29, 0.717) is 10.5 Å². The summed E-state index contributed by atoms with van der Waals surface area (Å²) in [5.41, 5.74) is 1.03. The Bertz CT molecular complexity index is 465. The quantitative estimate of drug-likeness (QED) is 0.839. The number of hydrogen-bond donors (Lipinski definition) is 0. The fourth-order valence-electron chi connectivity index (χ4n) is 3.11. The van der Waals surface area contributed by atoms with Crippen LogP contribution in [0.5, 0.6) is 0 Å². The Hall–Kier alpha value is -0.490. The molecule has 3 rings (SSSR count). The number of rotatable bonds is 3. The first-order chi connectivity index (χ1) is 9.74. The lowest BCUT2D eigenvalue weighted by Crippen LogP contribution is -2.44. The lowest BCUT2D eigenvalue weighted by molar-refractivity contribution is 0.0184. The van der Waals surface area contributed by atoms with Gasteiger partial charge < -0.3 is 4.74 Å². The zero-order valence-electron chi connectivity index (χ0n) is 11.5. The van der Waals surface area contributed by atoms with E-state index in [1.807, 2.05) is 6.07 Å². The highest BCUT2D eigenvalue weighted by atomic mass is 79.9. The molecule has 2 aliphatic rings. The second kappa shape index (κ2) is 6.52. The third kappa shape index (κ3) is 3.22. The highest BCUT2D eigenvalue weighted by Gasteiger charge is 2.28. The van der Waals surface area contributed by atoms with Crippen LogP contribution >= 0.6 is 15.9 Å². The Morgan fingerprint density at radius 3 is 2.85 bits per heavy atom. The van der Waals surface area contributed by atoms with Crippen LogP contribution in [-0.4, -0.2) is 55.2 Å². The molecule has 0 radical (unpaired) electrons. The van der Waals surface area contributed by atoms with Gasteiger partial charge in [-0.1, -0.05) is 12.1 Å². The van der Waals surface area contributed by atoms with Gasteiger partial charge in [-0.25, -0.2) is 4.39 Å². The summed E-state index contributed by atoms with van der Waals surface area (Å²) in [7, 11) is 0. The Morgan fingerprint density at radius 1 is 1.25 bits per heavy atom. The highest BCUT2D eigenvalue weighted by molar-refractivity contribution is 9.10. The number of halogens is 2. The van der Waals surface area contributed by atoms with E-state index in [9.17, 15) is 4.39 Å². The van der Waals surface area contributed by atoms with E-state index in [-0.39, 0.29) is 5.82 Å². The molecule has 2 saturated heterocycles. The maximum Gasteiger partial charge on any atom is 0.137 e. The SMILES string of the molecule is Fc1cccc(CN2CCC(N3CCOCC3)C2)c1Br. The van der Waals surface area contributed by atoms with E-state index in [2.05, 4.69) is 25.7 Å². The summed E-state index contributed by atoms with van der Waals surface area (Å²) in [6, 6.07) is 5.90. The summed E-state index contributed by atoms with van der Waals surface area (Å²) >= 11 is 3.35. The predicted molar refractivity (Wildman–Crippen MR) is 80.2 cm³/mol. The third-order valence-electron chi connectivity index (χ3n) is 4.24. The van der Waals surface area contributed by atoms with Crippen molar-refractivity contribution < 1.29 is 9.13 Å². The van der Waals surface area contributed by atoms with Crippen LogP contribution in [0.4, 0.5) is 4.39 Å². The molecule has 0 bridgehead atoms. The fourth-order valence-corrected chi connectivity index (χ4v) is 3.50. The first kappa shape index (κ1) is 14.4. The summed E-state index contributed by atoms with van der Waals surface area (Å²) in [6.45, 7) is 6.77. The van der Waals surface area contributed by atoms with E-state index in [4.69, 9.17) is 4.74 Å². The van der Waals surface area contributed by atoms with E-state index in [1.165, 1.54) is 12.5 Å². The van der Waals surface area contributed by atoms with Gasteiger partial charge in [0.2, 0.25) is 0 Å². The number of hydrogen-bond acceptors (Lipinski definition) is 3. The molecular formula is C15H20BrFN2O. The van der Waals surface area contributed by atoms with Crippen molar-refractivity contribution >= 4 is 15.9 Å². The molecule has 2 aliphatic heterocycles. The first-order valence-corrected chi connectivity index (χ1v) is 8.00. The Labute approximate surface area is 127 Å².